The van der Waals surface area contributed by atoms with Crippen LogP contribution in [0.1, 0.15) is 31.2 Å². The minimum Gasteiger partial charge on any atom is -0.317 e. The molecule has 2 heterocycles. The van der Waals surface area contributed by atoms with Crippen LogP contribution in [0, 0.1) is 0 Å². The first-order chi connectivity index (χ1) is 8.81. The summed E-state index contributed by atoms with van der Waals surface area (Å²) in [5, 5.41) is 4.33. The third-order valence-corrected chi connectivity index (χ3v) is 4.78. The maximum absolute atomic E-state index is 6.03. The first kappa shape index (κ1) is 12.5. The summed E-state index contributed by atoms with van der Waals surface area (Å²) in [6.07, 6.45) is 5.13. The molecule has 1 aromatic rings. The molecule has 1 N–H and O–H groups in total. The molecule has 2 aliphatic rings. The Labute approximate surface area is 114 Å². The molecule has 2 nitrogen and oxygen atoms in total. The molecule has 3 heteroatoms. The summed E-state index contributed by atoms with van der Waals surface area (Å²) >= 11 is 6.03. The molecule has 0 unspecified atom stereocenters. The van der Waals surface area contributed by atoms with Crippen LogP contribution >= 0.6 is 11.6 Å². The van der Waals surface area contributed by atoms with Gasteiger partial charge in [0.1, 0.15) is 0 Å². The third kappa shape index (κ3) is 2.18. The highest BCUT2D eigenvalue weighted by Gasteiger charge is 2.40. The van der Waals surface area contributed by atoms with Crippen LogP contribution in [0.2, 0.25) is 5.02 Å². The fourth-order valence-corrected chi connectivity index (χ4v) is 3.66. The predicted molar refractivity (Wildman–Crippen MR) is 76.0 cm³/mol. The highest BCUT2D eigenvalue weighted by atomic mass is 35.5. The Kier molecular flexibility index (Phi) is 3.60. The van der Waals surface area contributed by atoms with Crippen LogP contribution in [-0.4, -0.2) is 31.1 Å². The Bertz CT molecular complexity index is 389. The minimum absolute atomic E-state index is 0.256. The van der Waals surface area contributed by atoms with Gasteiger partial charge in [-0.15, -0.1) is 0 Å². The zero-order valence-electron chi connectivity index (χ0n) is 10.8. The van der Waals surface area contributed by atoms with E-state index in [0.717, 1.165) is 18.1 Å². The standard InChI is InChI=1S/C15H21ClN2/c16-14-5-3-13(4-6-14)15(7-9-17-10-8-15)18-11-1-2-12-18/h3-6,17H,1-2,7-12H2. The second-order valence-corrected chi connectivity index (χ2v) is 5.92. The van der Waals surface area contributed by atoms with E-state index in [1.165, 1.54) is 44.3 Å². The number of nitrogens with zero attached hydrogens (tertiary/aromatic N) is 1. The highest BCUT2D eigenvalue weighted by molar-refractivity contribution is 6.30. The van der Waals surface area contributed by atoms with Crippen molar-refractivity contribution >= 4 is 11.6 Å². The normalized spacial score (nSPS) is 24.3. The van der Waals surface area contributed by atoms with E-state index in [1.807, 2.05) is 12.1 Å². The van der Waals surface area contributed by atoms with Crippen LogP contribution in [0.4, 0.5) is 0 Å². The molecule has 18 heavy (non-hydrogen) atoms. The van der Waals surface area contributed by atoms with Crippen LogP contribution in [0.25, 0.3) is 0 Å². The monoisotopic (exact) mass is 264 g/mol. The average molecular weight is 265 g/mol. The maximum Gasteiger partial charge on any atom is 0.0484 e. The summed E-state index contributed by atoms with van der Waals surface area (Å²) in [6.45, 7) is 4.75. The molecule has 0 saturated carbocycles. The van der Waals surface area contributed by atoms with Crippen molar-refractivity contribution in [2.24, 2.45) is 0 Å². The quantitative estimate of drug-likeness (QED) is 0.883. The molecular formula is C15H21ClN2. The van der Waals surface area contributed by atoms with Gasteiger partial charge in [-0.05, 0) is 69.6 Å². The molecule has 1 aromatic carbocycles. The van der Waals surface area contributed by atoms with Gasteiger partial charge in [0.25, 0.3) is 0 Å². The molecule has 2 aliphatic heterocycles. The van der Waals surface area contributed by atoms with E-state index in [2.05, 4.69) is 22.3 Å². The van der Waals surface area contributed by atoms with E-state index >= 15 is 0 Å². The van der Waals surface area contributed by atoms with Crippen molar-refractivity contribution in [3.63, 3.8) is 0 Å². The van der Waals surface area contributed by atoms with Crippen LogP contribution in [0.5, 0.6) is 0 Å². The van der Waals surface area contributed by atoms with Gasteiger partial charge >= 0.3 is 0 Å². The lowest BCUT2D eigenvalue weighted by Crippen LogP contribution is -2.51. The van der Waals surface area contributed by atoms with Crippen LogP contribution in [-0.2, 0) is 5.54 Å². The Hall–Kier alpha value is -0.570. The lowest BCUT2D eigenvalue weighted by atomic mass is 9.80. The summed E-state index contributed by atoms with van der Waals surface area (Å²) in [6, 6.07) is 8.53. The highest BCUT2D eigenvalue weighted by Crippen LogP contribution is 2.39. The van der Waals surface area contributed by atoms with Gasteiger partial charge in [-0.3, -0.25) is 4.90 Å². The van der Waals surface area contributed by atoms with E-state index in [1.54, 1.807) is 0 Å². The SMILES string of the molecule is Clc1ccc(C2(N3CCCC3)CCNCC2)cc1. The van der Waals surface area contributed by atoms with Gasteiger partial charge in [-0.2, -0.15) is 0 Å². The Balaban J connectivity index is 1.95. The molecule has 0 amide bonds. The molecule has 3 rings (SSSR count). The summed E-state index contributed by atoms with van der Waals surface area (Å²) in [5.41, 5.74) is 1.71. The lowest BCUT2D eigenvalue weighted by Gasteiger charge is -2.45. The van der Waals surface area contributed by atoms with Crippen molar-refractivity contribution in [3.8, 4) is 0 Å². The molecule has 0 bridgehead atoms. The summed E-state index contributed by atoms with van der Waals surface area (Å²) in [7, 11) is 0. The molecule has 0 aliphatic carbocycles. The van der Waals surface area contributed by atoms with Gasteiger partial charge in [0.15, 0.2) is 0 Å². The Morgan fingerprint density at radius 2 is 1.61 bits per heavy atom. The second-order valence-electron chi connectivity index (χ2n) is 5.48. The van der Waals surface area contributed by atoms with Crippen LogP contribution in [0.15, 0.2) is 24.3 Å². The van der Waals surface area contributed by atoms with E-state index in [4.69, 9.17) is 11.6 Å². The van der Waals surface area contributed by atoms with Gasteiger partial charge in [0, 0.05) is 10.6 Å². The molecule has 2 fully saturated rings. The molecule has 98 valence electrons. The number of hydrogen-bond acceptors (Lipinski definition) is 2. The summed E-state index contributed by atoms with van der Waals surface area (Å²) in [5.74, 6) is 0. The molecular weight excluding hydrogens is 244 g/mol. The van der Waals surface area contributed by atoms with E-state index in [0.29, 0.717) is 0 Å². The lowest BCUT2D eigenvalue weighted by molar-refractivity contribution is 0.0777. The van der Waals surface area contributed by atoms with Crippen molar-refractivity contribution in [1.29, 1.82) is 0 Å². The maximum atomic E-state index is 6.03. The zero-order chi connectivity index (χ0) is 12.4. The number of piperidine rings is 1. The number of benzene rings is 1. The number of rotatable bonds is 2. The first-order valence-electron chi connectivity index (χ1n) is 7.03. The fourth-order valence-electron chi connectivity index (χ4n) is 3.53. The minimum atomic E-state index is 0.256. The van der Waals surface area contributed by atoms with E-state index < -0.39 is 0 Å². The number of nitrogens with one attached hydrogen (secondary N) is 1. The first-order valence-corrected chi connectivity index (χ1v) is 7.41. The largest absolute Gasteiger partial charge is 0.317 e. The van der Waals surface area contributed by atoms with Crippen molar-refractivity contribution in [1.82, 2.24) is 10.2 Å². The summed E-state index contributed by atoms with van der Waals surface area (Å²) < 4.78 is 0. The van der Waals surface area contributed by atoms with E-state index in [-0.39, 0.29) is 5.54 Å². The number of likely N-dealkylation sites (tertiary alicyclic amines) is 1. The average Bonchev–Trinajstić information content (AvgIpc) is 2.95. The number of halogens is 1. The van der Waals surface area contributed by atoms with Gasteiger partial charge in [-0.25, -0.2) is 0 Å². The molecule has 0 aromatic heterocycles. The van der Waals surface area contributed by atoms with Crippen molar-refractivity contribution < 1.29 is 0 Å². The van der Waals surface area contributed by atoms with Gasteiger partial charge in [0.05, 0.1) is 0 Å². The van der Waals surface area contributed by atoms with Gasteiger partial charge in [0.2, 0.25) is 0 Å². The Morgan fingerprint density at radius 3 is 2.22 bits per heavy atom. The smallest absolute Gasteiger partial charge is 0.0484 e. The van der Waals surface area contributed by atoms with Gasteiger partial charge in [-0.1, -0.05) is 23.7 Å². The predicted octanol–water partition coefficient (Wildman–Crippen LogP) is 3.01. The molecule has 0 radical (unpaired) electrons. The molecule has 2 saturated heterocycles. The third-order valence-electron chi connectivity index (χ3n) is 4.52. The molecule has 0 atom stereocenters. The fraction of sp³-hybridized carbons (Fsp3) is 0.600. The van der Waals surface area contributed by atoms with E-state index in [9.17, 15) is 0 Å². The van der Waals surface area contributed by atoms with Crippen molar-refractivity contribution in [3.05, 3.63) is 34.9 Å². The zero-order valence-corrected chi connectivity index (χ0v) is 11.5. The topological polar surface area (TPSA) is 15.3 Å². The van der Waals surface area contributed by atoms with Crippen molar-refractivity contribution in [2.75, 3.05) is 26.2 Å². The number of hydrogen-bond donors (Lipinski definition) is 1. The Morgan fingerprint density at radius 1 is 1.00 bits per heavy atom. The van der Waals surface area contributed by atoms with Crippen molar-refractivity contribution in [2.45, 2.75) is 31.2 Å². The second kappa shape index (κ2) is 5.20. The van der Waals surface area contributed by atoms with Gasteiger partial charge < -0.3 is 5.32 Å². The molecule has 0 spiro atoms. The van der Waals surface area contributed by atoms with Crippen LogP contribution < -0.4 is 5.32 Å². The van der Waals surface area contributed by atoms with Crippen LogP contribution in [0.3, 0.4) is 0 Å². The summed E-state index contributed by atoms with van der Waals surface area (Å²) in [4.78, 5) is 2.71.